The third-order valence-corrected chi connectivity index (χ3v) is 1.31. The number of esters is 1. The monoisotopic (exact) mass is 193 g/mol. The molecule has 1 aromatic heterocycles. The Kier molecular flexibility index (Phi) is 0.884. The summed E-state index contributed by atoms with van der Waals surface area (Å²) < 4.78 is 60.8. The number of hydrogen-bond acceptors (Lipinski definition) is 3. The van der Waals surface area contributed by atoms with Gasteiger partial charge in [-0.3, -0.25) is 4.98 Å². The lowest BCUT2D eigenvalue weighted by Crippen LogP contribution is -2.03. The van der Waals surface area contributed by atoms with Gasteiger partial charge in [-0.15, -0.1) is 0 Å². The Morgan fingerprint density at radius 3 is 3.42 bits per heavy atom. The molecule has 0 aliphatic heterocycles. The molecule has 0 aliphatic carbocycles. The number of methoxy groups -OCH3 is 1. The molecular weight excluding hydrogens is 178 g/mol. The highest BCUT2D eigenvalue weighted by atomic mass is 35.5. The molecule has 1 heterocycles. The van der Waals surface area contributed by atoms with Gasteiger partial charge in [0.05, 0.1) is 24.5 Å². The summed E-state index contributed by atoms with van der Waals surface area (Å²) in [6.45, 7) is -2.79. The maximum Gasteiger partial charge on any atom is 0.340 e. The average molecular weight is 194 g/mol. The van der Waals surface area contributed by atoms with Crippen molar-refractivity contribution in [2.75, 3.05) is 7.04 Å². The summed E-state index contributed by atoms with van der Waals surface area (Å²) in [5.74, 6) is -1.47. The fourth-order valence-electron chi connectivity index (χ4n) is 0.542. The number of aryl methyl sites for hydroxylation is 1. The molecule has 0 aromatic carbocycles. The second-order valence-corrected chi connectivity index (χ2v) is 2.15. The van der Waals surface area contributed by atoms with Gasteiger partial charge in [-0.2, -0.15) is 0 Å². The molecule has 0 bridgehead atoms. The van der Waals surface area contributed by atoms with Crippen molar-refractivity contribution in [2.45, 2.75) is 6.85 Å². The van der Waals surface area contributed by atoms with Crippen LogP contribution in [0.15, 0.2) is 12.2 Å². The minimum Gasteiger partial charge on any atom is -0.465 e. The first-order valence-corrected chi connectivity index (χ1v) is 3.13. The molecule has 0 N–H and O–H groups in total. The van der Waals surface area contributed by atoms with Gasteiger partial charge < -0.3 is 4.74 Å². The molecule has 0 atom stereocenters. The Bertz CT molecular complexity index is 553. The molecule has 0 radical (unpaired) electrons. The maximum atomic E-state index is 11.6. The highest BCUT2D eigenvalue weighted by Crippen LogP contribution is 2.15. The van der Waals surface area contributed by atoms with Gasteiger partial charge in [-0.1, -0.05) is 11.6 Å². The highest BCUT2D eigenvalue weighted by molar-refractivity contribution is 6.33. The number of ether oxygens (including phenoxy) is 1. The van der Waals surface area contributed by atoms with Crippen LogP contribution in [-0.4, -0.2) is 18.0 Å². The fraction of sp³-hybridized carbons (Fsp3) is 0.250. The van der Waals surface area contributed by atoms with Crippen LogP contribution in [0.4, 0.5) is 0 Å². The molecule has 12 heavy (non-hydrogen) atoms. The largest absolute Gasteiger partial charge is 0.465 e. The number of hydrogen-bond donors (Lipinski definition) is 0. The third kappa shape index (κ3) is 1.74. The lowest BCUT2D eigenvalue weighted by molar-refractivity contribution is 0.0600. The number of carbonyl (C=O) groups excluding carboxylic acids is 1. The number of carbonyl (C=O) groups is 1. The minimum atomic E-state index is -3.06. The Balaban J connectivity index is 3.39. The van der Waals surface area contributed by atoms with E-state index in [2.05, 4.69) is 9.72 Å². The smallest absolute Gasteiger partial charge is 0.340 e. The van der Waals surface area contributed by atoms with Crippen molar-refractivity contribution in [1.29, 1.82) is 0 Å². The van der Waals surface area contributed by atoms with Gasteiger partial charge in [-0.05, 0) is 12.9 Å². The van der Waals surface area contributed by atoms with E-state index in [-0.39, 0.29) is 0 Å². The van der Waals surface area contributed by atoms with Crippen molar-refractivity contribution in [3.05, 3.63) is 28.5 Å². The summed E-state index contributed by atoms with van der Waals surface area (Å²) in [4.78, 5) is 14.9. The second kappa shape index (κ2) is 3.54. The fourth-order valence-corrected chi connectivity index (χ4v) is 0.750. The maximum absolute atomic E-state index is 11.6. The Hall–Kier alpha value is -1.09. The van der Waals surface area contributed by atoms with Gasteiger partial charge in [0.2, 0.25) is 0 Å². The van der Waals surface area contributed by atoms with E-state index in [9.17, 15) is 4.79 Å². The molecule has 1 aromatic rings. The number of pyridine rings is 1. The van der Waals surface area contributed by atoms with E-state index in [0.717, 1.165) is 0 Å². The minimum absolute atomic E-state index is 0.689. The molecule has 4 heteroatoms. The summed E-state index contributed by atoms with van der Waals surface area (Å²) in [6, 6.07) is -0.778. The molecule has 0 fully saturated rings. The Morgan fingerprint density at radius 2 is 2.75 bits per heavy atom. The van der Waals surface area contributed by atoms with Crippen LogP contribution in [0, 0.1) is 6.85 Å². The molecule has 0 saturated carbocycles. The lowest BCUT2D eigenvalue weighted by Gasteiger charge is -2.01. The lowest BCUT2D eigenvalue weighted by atomic mass is 10.2. The summed E-state index contributed by atoms with van der Waals surface area (Å²) in [5.41, 5.74) is -1.52. The van der Waals surface area contributed by atoms with Gasteiger partial charge in [-0.25, -0.2) is 4.79 Å². The zero-order chi connectivity index (χ0) is 15.9. The van der Waals surface area contributed by atoms with Crippen molar-refractivity contribution < 1.29 is 20.5 Å². The van der Waals surface area contributed by atoms with Crippen LogP contribution in [0.5, 0.6) is 0 Å². The van der Waals surface area contributed by atoms with Gasteiger partial charge in [0.25, 0.3) is 0 Å². The van der Waals surface area contributed by atoms with Crippen LogP contribution in [0.1, 0.15) is 27.0 Å². The quantitative estimate of drug-likeness (QED) is 0.639. The first kappa shape index (κ1) is 3.00. The van der Waals surface area contributed by atoms with Gasteiger partial charge in [0.15, 0.2) is 0 Å². The Morgan fingerprint density at radius 1 is 1.92 bits per heavy atom. The summed E-state index contributed by atoms with van der Waals surface area (Å²) in [7, 11) is -3.06. The van der Waals surface area contributed by atoms with E-state index in [4.69, 9.17) is 22.6 Å². The number of nitrogens with zero attached hydrogens (tertiary/aromatic N) is 1. The SMILES string of the molecule is [2H]c1nc(C([2H])([2H])[2H])c([2H])c(Cl)c1C(=O)OC([2H])([2H])[2H]. The van der Waals surface area contributed by atoms with Gasteiger partial charge in [0, 0.05) is 16.0 Å². The zero-order valence-corrected chi connectivity index (χ0v) is 6.40. The van der Waals surface area contributed by atoms with Crippen molar-refractivity contribution in [3.8, 4) is 0 Å². The standard InChI is InChI=1S/C8H8ClNO2/c1-5-3-7(9)6(4-10-5)8(11)12-2/h3-4H,1-2H3/i1D3,2D3,3D,4D. The topological polar surface area (TPSA) is 39.2 Å². The normalized spacial score (nSPS) is 21.4. The molecule has 64 valence electrons. The van der Waals surface area contributed by atoms with Crippen LogP contribution < -0.4 is 0 Å². The van der Waals surface area contributed by atoms with E-state index >= 15 is 0 Å². The summed E-state index contributed by atoms with van der Waals surface area (Å²) in [5, 5.41) is -0.689. The molecule has 0 saturated heterocycles. The van der Waals surface area contributed by atoms with Crippen LogP contribution in [-0.2, 0) is 4.74 Å². The van der Waals surface area contributed by atoms with Gasteiger partial charge >= 0.3 is 5.97 Å². The summed E-state index contributed by atoms with van der Waals surface area (Å²) in [6.07, 6.45) is -0.869. The van der Waals surface area contributed by atoms with Crippen molar-refractivity contribution in [3.63, 3.8) is 0 Å². The summed E-state index contributed by atoms with van der Waals surface area (Å²) >= 11 is 5.65. The predicted molar refractivity (Wildman–Crippen MR) is 45.3 cm³/mol. The van der Waals surface area contributed by atoms with E-state index in [1.807, 2.05) is 0 Å². The van der Waals surface area contributed by atoms with Crippen LogP contribution in [0.3, 0.4) is 0 Å². The molecule has 3 nitrogen and oxygen atoms in total. The highest BCUT2D eigenvalue weighted by Gasteiger charge is 2.10. The van der Waals surface area contributed by atoms with E-state index in [1.165, 1.54) is 0 Å². The number of rotatable bonds is 1. The van der Waals surface area contributed by atoms with Crippen LogP contribution in [0.25, 0.3) is 0 Å². The first-order valence-electron chi connectivity index (χ1n) is 6.75. The molecule has 1 rings (SSSR count). The molecular formula is C8H8ClNO2. The molecule has 0 unspecified atom stereocenters. The van der Waals surface area contributed by atoms with E-state index < -0.39 is 48.4 Å². The van der Waals surface area contributed by atoms with Crippen molar-refractivity contribution >= 4 is 17.6 Å². The first-order chi connectivity index (χ1) is 8.84. The van der Waals surface area contributed by atoms with Crippen LogP contribution >= 0.6 is 11.6 Å². The van der Waals surface area contributed by atoms with E-state index in [1.54, 1.807) is 0 Å². The van der Waals surface area contributed by atoms with Crippen molar-refractivity contribution in [2.24, 2.45) is 0 Å². The van der Waals surface area contributed by atoms with Crippen molar-refractivity contribution in [1.82, 2.24) is 4.98 Å². The zero-order valence-electron chi connectivity index (χ0n) is 13.6. The molecule has 0 aliphatic rings. The predicted octanol–water partition coefficient (Wildman–Crippen LogP) is 1.83. The molecule has 0 spiro atoms. The van der Waals surface area contributed by atoms with E-state index in [0.29, 0.717) is 0 Å². The second-order valence-electron chi connectivity index (χ2n) is 1.78. The third-order valence-electron chi connectivity index (χ3n) is 1.02. The average Bonchev–Trinajstić information content (AvgIpc) is 2.19. The Labute approximate surface area is 86.6 Å². The number of halogens is 1. The van der Waals surface area contributed by atoms with Crippen LogP contribution in [0.2, 0.25) is 5.02 Å². The molecule has 0 amide bonds. The van der Waals surface area contributed by atoms with Gasteiger partial charge in [0.1, 0.15) is 0 Å². The number of aromatic nitrogens is 1.